The lowest BCUT2D eigenvalue weighted by Gasteiger charge is -2.34. The second-order valence-electron chi connectivity index (χ2n) is 7.24. The van der Waals surface area contributed by atoms with Crippen LogP contribution in [-0.4, -0.2) is 49.7 Å². The van der Waals surface area contributed by atoms with Crippen molar-refractivity contribution in [2.45, 2.75) is 23.5 Å². The zero-order valence-electron chi connectivity index (χ0n) is 15.7. The van der Waals surface area contributed by atoms with Crippen LogP contribution < -0.4 is 0 Å². The fourth-order valence-electron chi connectivity index (χ4n) is 3.92. The summed E-state index contributed by atoms with van der Waals surface area (Å²) in [6, 6.07) is 13.7. The van der Waals surface area contributed by atoms with Crippen molar-refractivity contribution < 1.29 is 13.2 Å². The van der Waals surface area contributed by atoms with E-state index in [4.69, 9.17) is 0 Å². The first-order valence-corrected chi connectivity index (χ1v) is 11.9. The molecule has 1 fully saturated rings. The van der Waals surface area contributed by atoms with E-state index in [2.05, 4.69) is 18.2 Å². The molecule has 0 unspecified atom stereocenters. The highest BCUT2D eigenvalue weighted by Crippen LogP contribution is 2.29. The van der Waals surface area contributed by atoms with E-state index in [0.717, 1.165) is 13.0 Å². The lowest BCUT2D eigenvalue weighted by atomic mass is 9.94. The summed E-state index contributed by atoms with van der Waals surface area (Å²) in [5.41, 5.74) is 2.52. The molecule has 0 aliphatic carbocycles. The Morgan fingerprint density at radius 2 is 1.75 bits per heavy atom. The minimum Gasteiger partial charge on any atom is -0.338 e. The maximum absolute atomic E-state index is 12.9. The highest BCUT2D eigenvalue weighted by Gasteiger charge is 2.34. The smallest absolute Gasteiger partial charge is 0.252 e. The Hall–Kier alpha value is -1.96. The van der Waals surface area contributed by atoms with Gasteiger partial charge in [-0.05, 0) is 41.8 Å². The van der Waals surface area contributed by atoms with Gasteiger partial charge in [0.15, 0.2) is 0 Å². The minimum atomic E-state index is -3.41. The third-order valence-electron chi connectivity index (χ3n) is 5.56. The second kappa shape index (κ2) is 8.19. The fraction of sp³-hybridized carbons (Fsp3) is 0.381. The quantitative estimate of drug-likeness (QED) is 0.767. The van der Waals surface area contributed by atoms with Gasteiger partial charge < -0.3 is 4.90 Å². The Morgan fingerprint density at radius 3 is 2.36 bits per heavy atom. The number of rotatable bonds is 4. The van der Waals surface area contributed by atoms with Crippen molar-refractivity contribution >= 4 is 32.8 Å². The minimum absolute atomic E-state index is 0.0820. The van der Waals surface area contributed by atoms with Crippen molar-refractivity contribution in [3.8, 4) is 0 Å². The van der Waals surface area contributed by atoms with Gasteiger partial charge in [0.1, 0.15) is 4.21 Å². The summed E-state index contributed by atoms with van der Waals surface area (Å²) in [6.45, 7) is 2.19. The average molecular weight is 417 g/mol. The number of nitrogens with zero attached hydrogens (tertiary/aromatic N) is 2. The molecule has 1 aromatic heterocycles. The number of hydrogen-bond acceptors (Lipinski definition) is 4. The highest BCUT2D eigenvalue weighted by molar-refractivity contribution is 7.91. The summed E-state index contributed by atoms with van der Waals surface area (Å²) in [5.74, 6) is 0.0815. The van der Waals surface area contributed by atoms with Crippen molar-refractivity contribution in [1.82, 2.24) is 9.21 Å². The SMILES string of the molecule is O=C(C1CCN(S(=O)(=O)c2cccs2)CC1)N1CC=C(c2ccccc2)CC1. The van der Waals surface area contributed by atoms with Crippen LogP contribution in [0.15, 0.2) is 58.1 Å². The number of sulfonamides is 1. The maximum atomic E-state index is 12.9. The number of piperidine rings is 1. The molecule has 0 bridgehead atoms. The van der Waals surface area contributed by atoms with Crippen LogP contribution in [0.3, 0.4) is 0 Å². The zero-order valence-corrected chi connectivity index (χ0v) is 17.3. The van der Waals surface area contributed by atoms with Crippen LogP contribution in [0.1, 0.15) is 24.8 Å². The van der Waals surface area contributed by atoms with Gasteiger partial charge in [-0.1, -0.05) is 42.5 Å². The average Bonchev–Trinajstić information content (AvgIpc) is 3.30. The van der Waals surface area contributed by atoms with Gasteiger partial charge in [0.25, 0.3) is 10.0 Å². The van der Waals surface area contributed by atoms with Crippen LogP contribution >= 0.6 is 11.3 Å². The molecular weight excluding hydrogens is 392 g/mol. The van der Waals surface area contributed by atoms with E-state index in [1.165, 1.54) is 26.8 Å². The number of amides is 1. The molecule has 28 heavy (non-hydrogen) atoms. The van der Waals surface area contributed by atoms with Gasteiger partial charge in [-0.25, -0.2) is 8.42 Å². The number of carbonyl (C=O) groups excluding carboxylic acids is 1. The van der Waals surface area contributed by atoms with Gasteiger partial charge in [-0.3, -0.25) is 4.79 Å². The van der Waals surface area contributed by atoms with Crippen LogP contribution in [0.25, 0.3) is 5.57 Å². The summed E-state index contributed by atoms with van der Waals surface area (Å²) in [6.07, 6.45) is 4.19. The van der Waals surface area contributed by atoms with Crippen LogP contribution in [0.4, 0.5) is 0 Å². The molecule has 7 heteroatoms. The lowest BCUT2D eigenvalue weighted by molar-refractivity contribution is -0.136. The van der Waals surface area contributed by atoms with Gasteiger partial charge in [0, 0.05) is 32.1 Å². The van der Waals surface area contributed by atoms with Crippen LogP contribution in [0.2, 0.25) is 0 Å². The number of thiophene rings is 1. The van der Waals surface area contributed by atoms with Crippen molar-refractivity contribution in [2.75, 3.05) is 26.2 Å². The van der Waals surface area contributed by atoms with E-state index < -0.39 is 10.0 Å². The summed E-state index contributed by atoms with van der Waals surface area (Å²) < 4.78 is 27.2. The van der Waals surface area contributed by atoms with E-state index >= 15 is 0 Å². The van der Waals surface area contributed by atoms with Gasteiger partial charge in [0.05, 0.1) is 0 Å². The van der Waals surface area contributed by atoms with Gasteiger partial charge in [-0.2, -0.15) is 4.31 Å². The van der Waals surface area contributed by atoms with Crippen molar-refractivity contribution in [2.24, 2.45) is 5.92 Å². The second-order valence-corrected chi connectivity index (χ2v) is 10.4. The third-order valence-corrected chi connectivity index (χ3v) is 8.83. The van der Waals surface area contributed by atoms with E-state index in [9.17, 15) is 13.2 Å². The molecule has 0 atom stereocenters. The van der Waals surface area contributed by atoms with E-state index in [-0.39, 0.29) is 11.8 Å². The van der Waals surface area contributed by atoms with Crippen molar-refractivity contribution in [1.29, 1.82) is 0 Å². The Labute approximate surface area is 170 Å². The fourth-order valence-corrected chi connectivity index (χ4v) is 6.54. The monoisotopic (exact) mass is 416 g/mol. The van der Waals surface area contributed by atoms with Crippen LogP contribution in [-0.2, 0) is 14.8 Å². The molecule has 0 saturated carbocycles. The molecule has 2 aromatic rings. The normalized spacial score (nSPS) is 19.4. The van der Waals surface area contributed by atoms with E-state index in [1.54, 1.807) is 17.5 Å². The van der Waals surface area contributed by atoms with Crippen LogP contribution in [0.5, 0.6) is 0 Å². The Kier molecular flexibility index (Phi) is 5.66. The van der Waals surface area contributed by atoms with E-state index in [1.807, 2.05) is 23.1 Å². The number of benzene rings is 1. The maximum Gasteiger partial charge on any atom is 0.252 e. The molecule has 3 heterocycles. The van der Waals surface area contributed by atoms with Gasteiger partial charge >= 0.3 is 0 Å². The third kappa shape index (κ3) is 3.92. The molecule has 148 valence electrons. The van der Waals surface area contributed by atoms with E-state index in [0.29, 0.717) is 36.7 Å². The first-order valence-electron chi connectivity index (χ1n) is 9.62. The molecule has 0 radical (unpaired) electrons. The lowest BCUT2D eigenvalue weighted by Crippen LogP contribution is -2.45. The molecule has 2 aliphatic heterocycles. The topological polar surface area (TPSA) is 57.7 Å². The largest absolute Gasteiger partial charge is 0.338 e. The summed E-state index contributed by atoms with van der Waals surface area (Å²) in [4.78, 5) is 14.8. The van der Waals surface area contributed by atoms with Gasteiger partial charge in [0.2, 0.25) is 5.91 Å². The van der Waals surface area contributed by atoms with Crippen LogP contribution in [0, 0.1) is 5.92 Å². The number of carbonyl (C=O) groups is 1. The molecule has 1 saturated heterocycles. The summed E-state index contributed by atoms with van der Waals surface area (Å²) in [7, 11) is -3.41. The zero-order chi connectivity index (χ0) is 19.6. The molecule has 2 aliphatic rings. The highest BCUT2D eigenvalue weighted by atomic mass is 32.2. The van der Waals surface area contributed by atoms with Crippen molar-refractivity contribution in [3.05, 3.63) is 59.5 Å². The molecule has 0 N–H and O–H groups in total. The Bertz CT molecular complexity index is 945. The molecule has 4 rings (SSSR count). The standard InChI is InChI=1S/C21H24N2O3S2/c24-21(22-12-8-18(9-13-22)17-5-2-1-3-6-17)19-10-14-23(15-11-19)28(25,26)20-7-4-16-27-20/h1-8,16,19H,9-15H2. The molecular formula is C21H24N2O3S2. The first kappa shape index (κ1) is 19.4. The first-order chi connectivity index (χ1) is 13.6. The van der Waals surface area contributed by atoms with Gasteiger partial charge in [-0.15, -0.1) is 11.3 Å². The molecule has 5 nitrogen and oxygen atoms in total. The predicted molar refractivity (Wildman–Crippen MR) is 111 cm³/mol. The molecule has 0 spiro atoms. The summed E-state index contributed by atoms with van der Waals surface area (Å²) >= 11 is 1.24. The summed E-state index contributed by atoms with van der Waals surface area (Å²) in [5, 5.41) is 1.77. The number of hydrogen-bond donors (Lipinski definition) is 0. The predicted octanol–water partition coefficient (Wildman–Crippen LogP) is 3.46. The van der Waals surface area contributed by atoms with Crippen molar-refractivity contribution in [3.63, 3.8) is 0 Å². The molecule has 1 amide bonds. The Morgan fingerprint density at radius 1 is 1.00 bits per heavy atom. The molecule has 1 aromatic carbocycles. The Balaban J connectivity index is 1.34.